The van der Waals surface area contributed by atoms with Crippen molar-refractivity contribution in [2.75, 3.05) is 39.3 Å². The first-order chi connectivity index (χ1) is 9.04. The van der Waals surface area contributed by atoms with Gasteiger partial charge in [0.05, 0.1) is 10.9 Å². The van der Waals surface area contributed by atoms with E-state index in [1.807, 2.05) is 0 Å². The second kappa shape index (κ2) is 6.51. The van der Waals surface area contributed by atoms with Gasteiger partial charge in [-0.15, -0.1) is 11.3 Å². The third-order valence-corrected chi connectivity index (χ3v) is 6.70. The Morgan fingerprint density at radius 2 is 2.05 bits per heavy atom. The molecule has 8 heteroatoms. The summed E-state index contributed by atoms with van der Waals surface area (Å²) in [6.07, 6.45) is 0.776. The van der Waals surface area contributed by atoms with E-state index in [0.717, 1.165) is 24.3 Å². The Morgan fingerprint density at radius 3 is 2.68 bits per heavy atom. The van der Waals surface area contributed by atoms with E-state index in [1.165, 1.54) is 4.31 Å². The van der Waals surface area contributed by atoms with E-state index < -0.39 is 10.0 Å². The number of nitrogens with zero attached hydrogens (tertiary/aromatic N) is 2. The van der Waals surface area contributed by atoms with Crippen LogP contribution in [-0.2, 0) is 10.0 Å². The van der Waals surface area contributed by atoms with Crippen molar-refractivity contribution in [3.8, 4) is 0 Å². The minimum atomic E-state index is -3.42. The van der Waals surface area contributed by atoms with Crippen LogP contribution in [0.5, 0.6) is 0 Å². The maximum Gasteiger partial charge on any atom is 0.252 e. The first-order valence-corrected chi connectivity index (χ1v) is 8.76. The summed E-state index contributed by atoms with van der Waals surface area (Å²) in [6.45, 7) is 3.14. The first kappa shape index (κ1) is 15.2. The zero-order valence-corrected chi connectivity index (χ0v) is 12.8. The van der Waals surface area contributed by atoms with Crippen LogP contribution in [0.25, 0.3) is 0 Å². The van der Waals surface area contributed by atoms with E-state index in [4.69, 9.17) is 16.7 Å². The SMILES string of the molecule is O=S(=O)(c1ccc(Cl)s1)N1CCCN(CCO)CC1. The summed E-state index contributed by atoms with van der Waals surface area (Å²) in [4.78, 5) is 2.08. The van der Waals surface area contributed by atoms with Crippen LogP contribution in [0.1, 0.15) is 6.42 Å². The molecule has 1 saturated heterocycles. The highest BCUT2D eigenvalue weighted by atomic mass is 35.5. The monoisotopic (exact) mass is 324 g/mol. The maximum absolute atomic E-state index is 12.4. The molecule has 1 fully saturated rings. The summed E-state index contributed by atoms with van der Waals surface area (Å²) in [6, 6.07) is 3.16. The maximum atomic E-state index is 12.4. The normalized spacial score (nSPS) is 19.5. The second-order valence-electron chi connectivity index (χ2n) is 4.38. The highest BCUT2D eigenvalue weighted by molar-refractivity contribution is 7.91. The molecular formula is C11H17ClN2O3S2. The Labute approximate surface area is 122 Å². The number of aliphatic hydroxyl groups excluding tert-OH is 1. The summed E-state index contributed by atoms with van der Waals surface area (Å²) in [7, 11) is -3.42. The van der Waals surface area contributed by atoms with Crippen molar-refractivity contribution in [3.05, 3.63) is 16.5 Å². The van der Waals surface area contributed by atoms with Gasteiger partial charge in [-0.25, -0.2) is 8.42 Å². The molecule has 0 aliphatic carbocycles. The van der Waals surface area contributed by atoms with Crippen LogP contribution >= 0.6 is 22.9 Å². The van der Waals surface area contributed by atoms with E-state index in [2.05, 4.69) is 4.90 Å². The lowest BCUT2D eigenvalue weighted by atomic mass is 10.4. The van der Waals surface area contributed by atoms with Gasteiger partial charge in [-0.2, -0.15) is 4.31 Å². The van der Waals surface area contributed by atoms with Crippen molar-refractivity contribution >= 4 is 33.0 Å². The van der Waals surface area contributed by atoms with Crippen molar-refractivity contribution in [1.29, 1.82) is 0 Å². The van der Waals surface area contributed by atoms with Gasteiger partial charge in [0.25, 0.3) is 10.0 Å². The third kappa shape index (κ3) is 3.68. The van der Waals surface area contributed by atoms with Crippen LogP contribution in [0, 0.1) is 0 Å². The van der Waals surface area contributed by atoms with Gasteiger partial charge >= 0.3 is 0 Å². The van der Waals surface area contributed by atoms with Crippen LogP contribution in [-0.4, -0.2) is 62.1 Å². The van der Waals surface area contributed by atoms with Gasteiger partial charge in [-0.1, -0.05) is 11.6 Å². The molecule has 1 aromatic heterocycles. The van der Waals surface area contributed by atoms with E-state index in [-0.39, 0.29) is 6.61 Å². The number of hydrogen-bond acceptors (Lipinski definition) is 5. The molecule has 19 heavy (non-hydrogen) atoms. The number of sulfonamides is 1. The smallest absolute Gasteiger partial charge is 0.252 e. The topological polar surface area (TPSA) is 60.9 Å². The van der Waals surface area contributed by atoms with Gasteiger partial charge in [0, 0.05) is 26.2 Å². The molecule has 1 aromatic rings. The van der Waals surface area contributed by atoms with Crippen LogP contribution in [0.15, 0.2) is 16.3 Å². The lowest BCUT2D eigenvalue weighted by molar-refractivity contribution is 0.202. The van der Waals surface area contributed by atoms with Crippen LogP contribution in [0.2, 0.25) is 4.34 Å². The third-order valence-electron chi connectivity index (χ3n) is 3.11. The lowest BCUT2D eigenvalue weighted by Gasteiger charge is -2.20. The number of aliphatic hydroxyl groups is 1. The van der Waals surface area contributed by atoms with Crippen molar-refractivity contribution in [3.63, 3.8) is 0 Å². The lowest BCUT2D eigenvalue weighted by Crippen LogP contribution is -2.35. The average Bonchev–Trinajstić information content (AvgIpc) is 2.66. The molecule has 1 N–H and O–H groups in total. The molecule has 1 aliphatic heterocycles. The molecule has 2 heterocycles. The quantitative estimate of drug-likeness (QED) is 0.900. The number of rotatable bonds is 4. The molecule has 0 bridgehead atoms. The van der Waals surface area contributed by atoms with E-state index in [1.54, 1.807) is 12.1 Å². The summed E-state index contributed by atoms with van der Waals surface area (Å²) in [5.74, 6) is 0. The summed E-state index contributed by atoms with van der Waals surface area (Å²) >= 11 is 6.89. The molecule has 0 radical (unpaired) electrons. The van der Waals surface area contributed by atoms with Crippen LogP contribution < -0.4 is 0 Å². The molecule has 0 unspecified atom stereocenters. The zero-order valence-electron chi connectivity index (χ0n) is 10.5. The van der Waals surface area contributed by atoms with Gasteiger partial charge in [0.2, 0.25) is 0 Å². The summed E-state index contributed by atoms with van der Waals surface area (Å²) in [5, 5.41) is 8.93. The molecule has 108 valence electrons. The highest BCUT2D eigenvalue weighted by Gasteiger charge is 2.27. The van der Waals surface area contributed by atoms with Crippen molar-refractivity contribution in [2.45, 2.75) is 10.6 Å². The highest BCUT2D eigenvalue weighted by Crippen LogP contribution is 2.28. The molecular weight excluding hydrogens is 308 g/mol. The van der Waals surface area contributed by atoms with Crippen molar-refractivity contribution in [1.82, 2.24) is 9.21 Å². The van der Waals surface area contributed by atoms with Gasteiger partial charge in [-0.3, -0.25) is 4.90 Å². The van der Waals surface area contributed by atoms with Crippen molar-refractivity contribution in [2.24, 2.45) is 0 Å². The Balaban J connectivity index is 2.09. The predicted octanol–water partition coefficient (Wildman–Crippen LogP) is 1.09. The second-order valence-corrected chi connectivity index (χ2v) is 8.26. The Kier molecular flexibility index (Phi) is 5.22. The van der Waals surface area contributed by atoms with Gasteiger partial charge in [0.15, 0.2) is 0 Å². The van der Waals surface area contributed by atoms with Crippen LogP contribution in [0.3, 0.4) is 0 Å². The predicted molar refractivity (Wildman–Crippen MR) is 76.2 cm³/mol. The molecule has 0 aromatic carbocycles. The number of β-amino-alcohol motifs (C(OH)–C–C–N with tert-alkyl or cyclic N) is 1. The largest absolute Gasteiger partial charge is 0.395 e. The Bertz CT molecular complexity index is 518. The fourth-order valence-corrected chi connectivity index (χ4v) is 5.22. The molecule has 0 atom stereocenters. The molecule has 5 nitrogen and oxygen atoms in total. The van der Waals surface area contributed by atoms with Crippen LogP contribution in [0.4, 0.5) is 0 Å². The van der Waals surface area contributed by atoms with E-state index in [9.17, 15) is 8.42 Å². The molecule has 0 spiro atoms. The zero-order chi connectivity index (χ0) is 13.9. The molecule has 2 rings (SSSR count). The minimum Gasteiger partial charge on any atom is -0.395 e. The number of halogens is 1. The standard InChI is InChI=1S/C11H17ClN2O3S2/c12-10-2-3-11(18-10)19(16,17)14-5-1-4-13(6-7-14)8-9-15/h2-3,15H,1,4-9H2. The van der Waals surface area contributed by atoms with Crippen molar-refractivity contribution < 1.29 is 13.5 Å². The molecule has 0 saturated carbocycles. The van der Waals surface area contributed by atoms with E-state index >= 15 is 0 Å². The van der Waals surface area contributed by atoms with Gasteiger partial charge in [0.1, 0.15) is 4.21 Å². The number of thiophene rings is 1. The molecule has 1 aliphatic rings. The Hall–Kier alpha value is -0.180. The first-order valence-electron chi connectivity index (χ1n) is 6.13. The van der Waals surface area contributed by atoms with E-state index in [0.29, 0.717) is 34.7 Å². The van der Waals surface area contributed by atoms with Gasteiger partial charge < -0.3 is 5.11 Å². The van der Waals surface area contributed by atoms with Gasteiger partial charge in [-0.05, 0) is 25.1 Å². The summed E-state index contributed by atoms with van der Waals surface area (Å²) < 4.78 is 27.1. The number of hydrogen-bond donors (Lipinski definition) is 1. The minimum absolute atomic E-state index is 0.104. The summed E-state index contributed by atoms with van der Waals surface area (Å²) in [5.41, 5.74) is 0. The fraction of sp³-hybridized carbons (Fsp3) is 0.636. The average molecular weight is 325 g/mol. The fourth-order valence-electron chi connectivity index (χ4n) is 2.12. The molecule has 0 amide bonds. The Morgan fingerprint density at radius 1 is 1.26 bits per heavy atom.